The van der Waals surface area contributed by atoms with Crippen LogP contribution in [0.4, 0.5) is 0 Å². The van der Waals surface area contributed by atoms with Gasteiger partial charge in [-0.05, 0) is 45.1 Å². The van der Waals surface area contributed by atoms with Gasteiger partial charge in [-0.2, -0.15) is 0 Å². The van der Waals surface area contributed by atoms with Crippen LogP contribution in [0, 0.1) is 5.92 Å². The molecule has 2 aliphatic rings. The summed E-state index contributed by atoms with van der Waals surface area (Å²) in [6.45, 7) is 6.10. The summed E-state index contributed by atoms with van der Waals surface area (Å²) in [6.07, 6.45) is 10.9. The second-order valence-corrected chi connectivity index (χ2v) is 6.32. The molecule has 0 spiro atoms. The van der Waals surface area contributed by atoms with Crippen molar-refractivity contribution in [1.82, 2.24) is 4.90 Å². The van der Waals surface area contributed by atoms with Gasteiger partial charge < -0.3 is 5.73 Å². The molecule has 2 nitrogen and oxygen atoms in total. The van der Waals surface area contributed by atoms with E-state index in [-0.39, 0.29) is 0 Å². The maximum absolute atomic E-state index is 6.45. The molecule has 1 saturated carbocycles. The van der Waals surface area contributed by atoms with Crippen molar-refractivity contribution in [3.63, 3.8) is 0 Å². The van der Waals surface area contributed by atoms with Crippen LogP contribution in [0.1, 0.15) is 65.2 Å². The number of likely N-dealkylation sites (tertiary alicyclic amines) is 1. The van der Waals surface area contributed by atoms with E-state index in [1.807, 2.05) is 0 Å². The first-order chi connectivity index (χ1) is 8.20. The third-order valence-corrected chi connectivity index (χ3v) is 5.13. The molecule has 1 aliphatic carbocycles. The fraction of sp³-hybridized carbons (Fsp3) is 1.00. The third-order valence-electron chi connectivity index (χ3n) is 5.13. The lowest BCUT2D eigenvalue weighted by molar-refractivity contribution is 0.0466. The molecule has 17 heavy (non-hydrogen) atoms. The van der Waals surface area contributed by atoms with Gasteiger partial charge in [0.05, 0.1) is 0 Å². The summed E-state index contributed by atoms with van der Waals surface area (Å²) in [7, 11) is 0. The van der Waals surface area contributed by atoms with Crippen LogP contribution >= 0.6 is 0 Å². The highest BCUT2D eigenvalue weighted by molar-refractivity contribution is 4.90. The molecule has 4 unspecified atom stereocenters. The summed E-state index contributed by atoms with van der Waals surface area (Å²) >= 11 is 0. The van der Waals surface area contributed by atoms with Gasteiger partial charge in [0, 0.05) is 18.1 Å². The molecule has 1 aliphatic heterocycles. The first-order valence-electron chi connectivity index (χ1n) is 7.71. The van der Waals surface area contributed by atoms with E-state index in [2.05, 4.69) is 18.7 Å². The molecule has 4 atom stereocenters. The van der Waals surface area contributed by atoms with Gasteiger partial charge in [-0.3, -0.25) is 4.90 Å². The number of rotatable bonds is 1. The average Bonchev–Trinajstić information content (AvgIpc) is 2.29. The molecule has 0 bridgehead atoms. The van der Waals surface area contributed by atoms with Crippen LogP contribution < -0.4 is 5.73 Å². The molecule has 2 heteroatoms. The van der Waals surface area contributed by atoms with Crippen molar-refractivity contribution in [3.05, 3.63) is 0 Å². The molecule has 2 rings (SSSR count). The second-order valence-electron chi connectivity index (χ2n) is 6.32. The molecular formula is C15H30N2. The lowest BCUT2D eigenvalue weighted by atomic mass is 9.85. The minimum Gasteiger partial charge on any atom is -0.326 e. The fourth-order valence-electron chi connectivity index (χ4n) is 3.74. The van der Waals surface area contributed by atoms with Gasteiger partial charge in [-0.15, -0.1) is 0 Å². The van der Waals surface area contributed by atoms with Gasteiger partial charge in [0.2, 0.25) is 0 Å². The highest BCUT2D eigenvalue weighted by Gasteiger charge is 2.33. The van der Waals surface area contributed by atoms with Crippen molar-refractivity contribution in [1.29, 1.82) is 0 Å². The zero-order valence-corrected chi connectivity index (χ0v) is 11.7. The predicted molar refractivity (Wildman–Crippen MR) is 74.0 cm³/mol. The number of piperidine rings is 1. The Balaban J connectivity index is 2.01. The minimum absolute atomic E-state index is 0.419. The normalized spacial score (nSPS) is 41.8. The monoisotopic (exact) mass is 238 g/mol. The first kappa shape index (κ1) is 13.4. The molecule has 2 N–H and O–H groups in total. The zero-order valence-electron chi connectivity index (χ0n) is 11.7. The topological polar surface area (TPSA) is 29.3 Å². The van der Waals surface area contributed by atoms with Gasteiger partial charge >= 0.3 is 0 Å². The third kappa shape index (κ3) is 3.23. The lowest BCUT2D eigenvalue weighted by Crippen LogP contribution is -2.55. The molecule has 0 radical (unpaired) electrons. The highest BCUT2D eigenvalue weighted by atomic mass is 15.2. The van der Waals surface area contributed by atoms with Crippen LogP contribution in [-0.4, -0.2) is 29.6 Å². The quantitative estimate of drug-likeness (QED) is 0.760. The van der Waals surface area contributed by atoms with Crippen LogP contribution in [0.5, 0.6) is 0 Å². The fourth-order valence-corrected chi connectivity index (χ4v) is 3.74. The Kier molecular flexibility index (Phi) is 4.87. The summed E-state index contributed by atoms with van der Waals surface area (Å²) in [5.74, 6) is 0.849. The Labute approximate surface area is 107 Å². The zero-order chi connectivity index (χ0) is 12.3. The van der Waals surface area contributed by atoms with E-state index in [4.69, 9.17) is 5.73 Å². The Bertz CT molecular complexity index is 229. The number of nitrogens with zero attached hydrogens (tertiary/aromatic N) is 1. The van der Waals surface area contributed by atoms with Gasteiger partial charge in [-0.1, -0.05) is 32.6 Å². The Morgan fingerprint density at radius 1 is 0.882 bits per heavy atom. The highest BCUT2D eigenvalue weighted by Crippen LogP contribution is 2.29. The number of nitrogens with two attached hydrogens (primary N) is 1. The van der Waals surface area contributed by atoms with Crippen molar-refractivity contribution in [2.75, 3.05) is 6.54 Å². The van der Waals surface area contributed by atoms with Crippen LogP contribution in [0.15, 0.2) is 0 Å². The van der Waals surface area contributed by atoms with E-state index in [0.29, 0.717) is 12.1 Å². The molecule has 0 aromatic rings. The average molecular weight is 238 g/mol. The van der Waals surface area contributed by atoms with E-state index in [1.165, 1.54) is 57.9 Å². The van der Waals surface area contributed by atoms with E-state index in [0.717, 1.165) is 12.0 Å². The van der Waals surface area contributed by atoms with Crippen molar-refractivity contribution in [3.8, 4) is 0 Å². The van der Waals surface area contributed by atoms with Gasteiger partial charge in [0.1, 0.15) is 0 Å². The van der Waals surface area contributed by atoms with Crippen molar-refractivity contribution in [2.24, 2.45) is 11.7 Å². The molecule has 1 heterocycles. The van der Waals surface area contributed by atoms with Crippen LogP contribution in [0.25, 0.3) is 0 Å². The summed E-state index contributed by atoms with van der Waals surface area (Å²) in [5, 5.41) is 0. The van der Waals surface area contributed by atoms with Crippen LogP contribution in [0.2, 0.25) is 0 Å². The van der Waals surface area contributed by atoms with Crippen LogP contribution in [0.3, 0.4) is 0 Å². The van der Waals surface area contributed by atoms with E-state index in [1.54, 1.807) is 0 Å². The Morgan fingerprint density at radius 3 is 2.35 bits per heavy atom. The molecule has 100 valence electrons. The number of hydrogen-bond acceptors (Lipinski definition) is 2. The van der Waals surface area contributed by atoms with E-state index >= 15 is 0 Å². The summed E-state index contributed by atoms with van der Waals surface area (Å²) in [5.41, 5.74) is 6.45. The smallest absolute Gasteiger partial charge is 0.0250 e. The lowest BCUT2D eigenvalue weighted by Gasteiger charge is -2.45. The van der Waals surface area contributed by atoms with Crippen molar-refractivity contribution >= 4 is 0 Å². The summed E-state index contributed by atoms with van der Waals surface area (Å²) < 4.78 is 0. The van der Waals surface area contributed by atoms with Gasteiger partial charge in [-0.25, -0.2) is 0 Å². The van der Waals surface area contributed by atoms with Crippen LogP contribution in [-0.2, 0) is 0 Å². The maximum atomic E-state index is 6.45. The summed E-state index contributed by atoms with van der Waals surface area (Å²) in [6, 6.07) is 1.82. The van der Waals surface area contributed by atoms with Gasteiger partial charge in [0.25, 0.3) is 0 Å². The van der Waals surface area contributed by atoms with Gasteiger partial charge in [0.15, 0.2) is 0 Å². The SMILES string of the molecule is CC1CCCN(C2CCCCCCC2N)C1C. The Morgan fingerprint density at radius 2 is 1.59 bits per heavy atom. The predicted octanol–water partition coefficient (Wildman–Crippen LogP) is 3.16. The molecular weight excluding hydrogens is 208 g/mol. The van der Waals surface area contributed by atoms with E-state index in [9.17, 15) is 0 Å². The molecule has 2 fully saturated rings. The standard InChI is InChI=1S/C15H30N2/c1-12-8-7-11-17(13(12)2)15-10-6-4-3-5-9-14(15)16/h12-15H,3-11,16H2,1-2H3. The second kappa shape index (κ2) is 6.19. The number of hydrogen-bond donors (Lipinski definition) is 1. The van der Waals surface area contributed by atoms with Crippen molar-refractivity contribution < 1.29 is 0 Å². The maximum Gasteiger partial charge on any atom is 0.0250 e. The van der Waals surface area contributed by atoms with Crippen molar-refractivity contribution in [2.45, 2.75) is 83.3 Å². The first-order valence-corrected chi connectivity index (χ1v) is 7.71. The minimum atomic E-state index is 0.419. The molecule has 0 aromatic carbocycles. The molecule has 0 amide bonds. The molecule has 0 aromatic heterocycles. The largest absolute Gasteiger partial charge is 0.326 e. The Hall–Kier alpha value is -0.0800. The summed E-state index contributed by atoms with van der Waals surface area (Å²) in [4.78, 5) is 2.74. The van der Waals surface area contributed by atoms with E-state index < -0.39 is 0 Å². The molecule has 1 saturated heterocycles.